The number of hydrogen-bond acceptors (Lipinski definition) is 4. The fraction of sp³-hybridized carbons (Fsp3) is 0.353. The highest BCUT2D eigenvalue weighted by Gasteiger charge is 2.15. The minimum Gasteiger partial charge on any atom is -0.484 e. The lowest BCUT2D eigenvalue weighted by molar-refractivity contribution is 0.218. The molecule has 3 rings (SSSR count). The molecule has 0 N–H and O–H groups in total. The normalized spacial score (nSPS) is 13.3. The maximum Gasteiger partial charge on any atom is 0.252 e. The van der Waals surface area contributed by atoms with Crippen molar-refractivity contribution in [3.8, 4) is 5.75 Å². The van der Waals surface area contributed by atoms with E-state index in [1.165, 1.54) is 11.9 Å². The Kier molecular flexibility index (Phi) is 3.56. The van der Waals surface area contributed by atoms with Crippen molar-refractivity contribution in [3.05, 3.63) is 54.1 Å². The van der Waals surface area contributed by atoms with Gasteiger partial charge in [-0.3, -0.25) is 0 Å². The third kappa shape index (κ3) is 2.79. The monoisotopic (exact) mass is 296 g/mol. The second-order valence-corrected chi connectivity index (χ2v) is 6.38. The molecule has 5 heteroatoms. The van der Waals surface area contributed by atoms with Crippen molar-refractivity contribution in [3.63, 3.8) is 0 Å². The summed E-state index contributed by atoms with van der Waals surface area (Å²) in [7, 11) is 0. The van der Waals surface area contributed by atoms with E-state index in [-0.39, 0.29) is 11.5 Å². The molecular formula is C17H20N4O. The zero-order valence-corrected chi connectivity index (χ0v) is 13.3. The highest BCUT2D eigenvalue weighted by atomic mass is 16.5. The molecule has 0 aliphatic rings. The van der Waals surface area contributed by atoms with Gasteiger partial charge in [-0.05, 0) is 36.1 Å². The van der Waals surface area contributed by atoms with Crippen molar-refractivity contribution < 1.29 is 4.74 Å². The van der Waals surface area contributed by atoms with Crippen LogP contribution in [0.3, 0.4) is 0 Å². The summed E-state index contributed by atoms with van der Waals surface area (Å²) < 4.78 is 7.73. The maximum absolute atomic E-state index is 6.03. The van der Waals surface area contributed by atoms with E-state index in [0.29, 0.717) is 5.78 Å². The van der Waals surface area contributed by atoms with Crippen LogP contribution in [-0.2, 0) is 5.41 Å². The first-order valence-corrected chi connectivity index (χ1v) is 7.37. The Hall–Kier alpha value is -2.43. The number of hydrogen-bond donors (Lipinski definition) is 0. The van der Waals surface area contributed by atoms with Crippen LogP contribution >= 0.6 is 0 Å². The van der Waals surface area contributed by atoms with Gasteiger partial charge in [0.25, 0.3) is 5.78 Å². The van der Waals surface area contributed by atoms with E-state index in [9.17, 15) is 0 Å². The molecule has 5 nitrogen and oxygen atoms in total. The van der Waals surface area contributed by atoms with Gasteiger partial charge in [0.15, 0.2) is 0 Å². The molecule has 0 amide bonds. The van der Waals surface area contributed by atoms with Gasteiger partial charge in [0, 0.05) is 6.20 Å². The summed E-state index contributed by atoms with van der Waals surface area (Å²) in [6.45, 7) is 8.59. The fourth-order valence-electron chi connectivity index (χ4n) is 2.36. The molecule has 0 saturated heterocycles. The average molecular weight is 296 g/mol. The number of nitrogens with zero attached hydrogens (tertiary/aromatic N) is 4. The van der Waals surface area contributed by atoms with Crippen LogP contribution in [0.2, 0.25) is 0 Å². The largest absolute Gasteiger partial charge is 0.484 e. The zero-order chi connectivity index (χ0) is 15.7. The van der Waals surface area contributed by atoms with E-state index in [1.54, 1.807) is 10.7 Å². The van der Waals surface area contributed by atoms with E-state index in [0.717, 1.165) is 11.4 Å². The molecule has 22 heavy (non-hydrogen) atoms. The maximum atomic E-state index is 6.03. The zero-order valence-electron chi connectivity index (χ0n) is 13.3. The Morgan fingerprint density at radius 1 is 1.05 bits per heavy atom. The molecule has 1 atom stereocenters. The summed E-state index contributed by atoms with van der Waals surface area (Å²) in [5, 5.41) is 4.19. The van der Waals surface area contributed by atoms with E-state index >= 15 is 0 Å². The Morgan fingerprint density at radius 3 is 2.45 bits per heavy atom. The molecule has 0 unspecified atom stereocenters. The lowest BCUT2D eigenvalue weighted by Crippen LogP contribution is -2.12. The number of fused-ring (bicyclic) bond motifs is 1. The molecule has 0 radical (unpaired) electrons. The summed E-state index contributed by atoms with van der Waals surface area (Å²) in [6.07, 6.45) is 3.08. The van der Waals surface area contributed by atoms with Crippen LogP contribution in [0.15, 0.2) is 42.9 Å². The minimum absolute atomic E-state index is 0.141. The van der Waals surface area contributed by atoms with Crippen molar-refractivity contribution in [2.75, 3.05) is 0 Å². The molecule has 0 spiro atoms. The lowest BCUT2D eigenvalue weighted by atomic mass is 9.87. The second-order valence-electron chi connectivity index (χ2n) is 6.38. The molecule has 0 aliphatic carbocycles. The fourth-order valence-corrected chi connectivity index (χ4v) is 2.36. The molecule has 3 aromatic rings. The summed E-state index contributed by atoms with van der Waals surface area (Å²) in [5.74, 6) is 1.42. The molecule has 2 aromatic heterocycles. The molecular weight excluding hydrogens is 276 g/mol. The van der Waals surface area contributed by atoms with Gasteiger partial charge in [-0.1, -0.05) is 32.9 Å². The molecule has 0 saturated carbocycles. The van der Waals surface area contributed by atoms with Gasteiger partial charge in [-0.25, -0.2) is 4.98 Å². The van der Waals surface area contributed by atoms with Crippen LogP contribution in [0.5, 0.6) is 5.75 Å². The van der Waals surface area contributed by atoms with Crippen molar-refractivity contribution in [2.24, 2.45) is 0 Å². The molecule has 1 aromatic carbocycles. The van der Waals surface area contributed by atoms with Gasteiger partial charge in [0.05, 0.1) is 5.69 Å². The van der Waals surface area contributed by atoms with E-state index in [1.807, 2.05) is 25.1 Å². The van der Waals surface area contributed by atoms with Crippen LogP contribution < -0.4 is 4.74 Å². The van der Waals surface area contributed by atoms with E-state index < -0.39 is 0 Å². The quantitative estimate of drug-likeness (QED) is 0.741. The van der Waals surface area contributed by atoms with Crippen LogP contribution in [0.4, 0.5) is 0 Å². The molecule has 0 bridgehead atoms. The Labute approximate surface area is 130 Å². The minimum atomic E-state index is -0.146. The topological polar surface area (TPSA) is 52.3 Å². The number of benzene rings is 1. The Balaban J connectivity index is 1.82. The van der Waals surface area contributed by atoms with Gasteiger partial charge in [0.1, 0.15) is 18.2 Å². The summed E-state index contributed by atoms with van der Waals surface area (Å²) >= 11 is 0. The molecule has 0 fully saturated rings. The number of rotatable bonds is 3. The second kappa shape index (κ2) is 5.40. The van der Waals surface area contributed by atoms with Crippen molar-refractivity contribution >= 4 is 5.78 Å². The predicted molar refractivity (Wildman–Crippen MR) is 85.0 cm³/mol. The van der Waals surface area contributed by atoms with Crippen molar-refractivity contribution in [1.29, 1.82) is 0 Å². The smallest absolute Gasteiger partial charge is 0.252 e. The van der Waals surface area contributed by atoms with Gasteiger partial charge in [-0.15, -0.1) is 0 Å². The SMILES string of the molecule is C[C@@H](Oc1ccc(C(C)(C)C)cc1)c1ccnc2ncnn12. The highest BCUT2D eigenvalue weighted by molar-refractivity contribution is 5.32. The van der Waals surface area contributed by atoms with E-state index in [4.69, 9.17) is 4.74 Å². The van der Waals surface area contributed by atoms with E-state index in [2.05, 4.69) is 48.0 Å². The third-order valence-corrected chi connectivity index (χ3v) is 3.66. The summed E-state index contributed by atoms with van der Waals surface area (Å²) in [4.78, 5) is 8.26. The summed E-state index contributed by atoms with van der Waals surface area (Å²) in [6, 6.07) is 10.1. The first kappa shape index (κ1) is 14.5. The van der Waals surface area contributed by atoms with Crippen LogP contribution in [0.1, 0.15) is 45.1 Å². The van der Waals surface area contributed by atoms with Crippen molar-refractivity contribution in [1.82, 2.24) is 19.6 Å². The Morgan fingerprint density at radius 2 is 1.77 bits per heavy atom. The van der Waals surface area contributed by atoms with Gasteiger partial charge < -0.3 is 4.74 Å². The molecule has 0 aliphatic heterocycles. The first-order chi connectivity index (χ1) is 10.4. The van der Waals surface area contributed by atoms with Crippen molar-refractivity contribution in [2.45, 2.75) is 39.2 Å². The van der Waals surface area contributed by atoms with Gasteiger partial charge in [0.2, 0.25) is 0 Å². The average Bonchev–Trinajstić information content (AvgIpc) is 2.95. The van der Waals surface area contributed by atoms with Crippen LogP contribution in [0.25, 0.3) is 5.78 Å². The Bertz CT molecular complexity index is 771. The summed E-state index contributed by atoms with van der Waals surface area (Å²) in [5.41, 5.74) is 2.35. The highest BCUT2D eigenvalue weighted by Crippen LogP contribution is 2.26. The number of ether oxygens (including phenoxy) is 1. The predicted octanol–water partition coefficient (Wildman–Crippen LogP) is 3.56. The molecule has 114 valence electrons. The van der Waals surface area contributed by atoms with Crippen LogP contribution in [0, 0.1) is 0 Å². The first-order valence-electron chi connectivity index (χ1n) is 7.37. The lowest BCUT2D eigenvalue weighted by Gasteiger charge is -2.20. The third-order valence-electron chi connectivity index (χ3n) is 3.66. The van der Waals surface area contributed by atoms with Crippen LogP contribution in [-0.4, -0.2) is 19.6 Å². The molecule has 2 heterocycles. The number of aromatic nitrogens is 4. The van der Waals surface area contributed by atoms with Gasteiger partial charge in [-0.2, -0.15) is 14.6 Å². The van der Waals surface area contributed by atoms with Gasteiger partial charge >= 0.3 is 0 Å². The standard InChI is InChI=1S/C17H20N4O/c1-12(15-9-10-18-16-19-11-20-21(15)16)22-14-7-5-13(6-8-14)17(2,3)4/h5-12H,1-4H3/t12-/m1/s1.